The molecule has 1 heterocycles. The fraction of sp³-hybridized carbons (Fsp3) is 0.429. The van der Waals surface area contributed by atoms with Crippen LogP contribution in [0.5, 0.6) is 0 Å². The van der Waals surface area contributed by atoms with Crippen molar-refractivity contribution in [2.24, 2.45) is 10.8 Å². The monoisotopic (exact) mass is 137 g/mol. The van der Waals surface area contributed by atoms with E-state index in [0.717, 1.165) is 0 Å². The molecule has 3 heteroatoms. The van der Waals surface area contributed by atoms with Gasteiger partial charge in [-0.05, 0) is 19.9 Å². The van der Waals surface area contributed by atoms with E-state index in [9.17, 15) is 0 Å². The van der Waals surface area contributed by atoms with Crippen LogP contribution in [0.4, 0.5) is 0 Å². The van der Waals surface area contributed by atoms with Gasteiger partial charge in [0.05, 0.1) is 11.7 Å². The van der Waals surface area contributed by atoms with Crippen LogP contribution in [0.2, 0.25) is 0 Å². The number of nitrogens with zero attached hydrogens (tertiary/aromatic N) is 2. The minimum absolute atomic E-state index is 0.176. The Labute approximate surface area is 60.5 Å². The van der Waals surface area contributed by atoms with Crippen LogP contribution in [-0.4, -0.2) is 16.9 Å². The van der Waals surface area contributed by atoms with Crippen LogP contribution in [-0.2, 0) is 0 Å². The zero-order valence-corrected chi connectivity index (χ0v) is 6.20. The summed E-state index contributed by atoms with van der Waals surface area (Å²) >= 11 is 0. The summed E-state index contributed by atoms with van der Waals surface area (Å²) in [6.45, 7) is 3.98. The zero-order chi connectivity index (χ0) is 7.61. The minimum Gasteiger partial charge on any atom is -0.269 e. The van der Waals surface area contributed by atoms with Crippen molar-refractivity contribution in [1.82, 2.24) is 5.01 Å². The maximum absolute atomic E-state index is 5.40. The highest BCUT2D eigenvalue weighted by atomic mass is 15.4. The van der Waals surface area contributed by atoms with Crippen molar-refractivity contribution < 1.29 is 0 Å². The first-order valence-corrected chi connectivity index (χ1v) is 3.12. The van der Waals surface area contributed by atoms with Crippen molar-refractivity contribution >= 4 is 6.34 Å². The van der Waals surface area contributed by atoms with Gasteiger partial charge in [-0.1, -0.05) is 0 Å². The highest BCUT2D eigenvalue weighted by molar-refractivity contribution is 5.57. The van der Waals surface area contributed by atoms with Gasteiger partial charge in [-0.25, -0.2) is 5.84 Å². The lowest BCUT2D eigenvalue weighted by molar-refractivity contribution is 0.597. The molecule has 1 rings (SSSR count). The number of hydrogen-bond donors (Lipinski definition) is 1. The zero-order valence-electron chi connectivity index (χ0n) is 6.20. The number of aliphatic imine (C=N–C) groups is 1. The summed E-state index contributed by atoms with van der Waals surface area (Å²) in [6, 6.07) is 0. The first kappa shape index (κ1) is 7.06. The summed E-state index contributed by atoms with van der Waals surface area (Å²) in [7, 11) is 0. The van der Waals surface area contributed by atoms with E-state index in [0.29, 0.717) is 0 Å². The van der Waals surface area contributed by atoms with Gasteiger partial charge >= 0.3 is 0 Å². The molecule has 0 unspecified atom stereocenters. The Morgan fingerprint density at radius 2 is 2.30 bits per heavy atom. The van der Waals surface area contributed by atoms with Crippen LogP contribution in [0, 0.1) is 0 Å². The highest BCUT2D eigenvalue weighted by Gasteiger charge is 2.10. The topological polar surface area (TPSA) is 41.6 Å². The fourth-order valence-corrected chi connectivity index (χ4v) is 0.613. The molecule has 0 radical (unpaired) electrons. The minimum atomic E-state index is -0.176. The van der Waals surface area contributed by atoms with Gasteiger partial charge in [0.1, 0.15) is 6.34 Å². The summed E-state index contributed by atoms with van der Waals surface area (Å²) in [5, 5.41) is 1.38. The Kier molecular flexibility index (Phi) is 1.62. The van der Waals surface area contributed by atoms with E-state index in [2.05, 4.69) is 10.7 Å². The predicted octanol–water partition coefficient (Wildman–Crippen LogP) is 0.651. The molecule has 0 amide bonds. The third-order valence-electron chi connectivity index (χ3n) is 1.18. The third kappa shape index (κ3) is 1.72. The van der Waals surface area contributed by atoms with Crippen molar-refractivity contribution in [2.75, 3.05) is 0 Å². The van der Waals surface area contributed by atoms with E-state index in [1.807, 2.05) is 19.9 Å². The van der Waals surface area contributed by atoms with Gasteiger partial charge in [0, 0.05) is 0 Å². The predicted molar refractivity (Wildman–Crippen MR) is 41.3 cm³/mol. The lowest BCUT2D eigenvalue weighted by atomic mass is 10.1. The Morgan fingerprint density at radius 1 is 1.60 bits per heavy atom. The standard InChI is InChI=1S/C7H11N3/c1-7(2)4-3-5-10(8)6-9-7/h4-6H,8H2,1-2H3. The van der Waals surface area contributed by atoms with Gasteiger partial charge in [-0.2, -0.15) is 0 Å². The molecular weight excluding hydrogens is 126 g/mol. The lowest BCUT2D eigenvalue weighted by Gasteiger charge is -2.11. The van der Waals surface area contributed by atoms with E-state index >= 15 is 0 Å². The molecule has 0 aromatic rings. The van der Waals surface area contributed by atoms with E-state index in [1.165, 1.54) is 5.01 Å². The molecule has 1 aliphatic rings. The van der Waals surface area contributed by atoms with Gasteiger partial charge in [0.15, 0.2) is 0 Å². The molecule has 0 spiro atoms. The van der Waals surface area contributed by atoms with Crippen LogP contribution in [0.25, 0.3) is 0 Å². The van der Waals surface area contributed by atoms with Crippen molar-refractivity contribution in [3.05, 3.63) is 18.0 Å². The second kappa shape index (κ2) is 2.29. The van der Waals surface area contributed by atoms with Crippen molar-refractivity contribution in [1.29, 1.82) is 0 Å². The van der Waals surface area contributed by atoms with E-state index in [4.69, 9.17) is 5.84 Å². The first-order valence-electron chi connectivity index (χ1n) is 3.12. The smallest absolute Gasteiger partial charge is 0.105 e. The molecule has 3 nitrogen and oxygen atoms in total. The number of nitrogens with two attached hydrogens (primary N) is 1. The molecule has 0 aliphatic carbocycles. The summed E-state index contributed by atoms with van der Waals surface area (Å²) < 4.78 is 0. The molecule has 1 aliphatic heterocycles. The average Bonchev–Trinajstić information content (AvgIpc) is 1.94. The second-order valence-corrected chi connectivity index (χ2v) is 2.79. The maximum Gasteiger partial charge on any atom is 0.105 e. The molecule has 0 fully saturated rings. The molecule has 0 saturated heterocycles. The van der Waals surface area contributed by atoms with Gasteiger partial charge < -0.3 is 0 Å². The van der Waals surface area contributed by atoms with E-state index < -0.39 is 0 Å². The molecular formula is C7H11N3. The van der Waals surface area contributed by atoms with E-state index in [-0.39, 0.29) is 5.54 Å². The van der Waals surface area contributed by atoms with Crippen molar-refractivity contribution in [2.45, 2.75) is 19.4 Å². The number of hydrogen-bond acceptors (Lipinski definition) is 3. The molecule has 2 N–H and O–H groups in total. The van der Waals surface area contributed by atoms with Crippen LogP contribution in [0.15, 0.2) is 23.0 Å². The molecule has 0 saturated carbocycles. The number of hydrazine groups is 1. The van der Waals surface area contributed by atoms with Gasteiger partial charge in [-0.3, -0.25) is 10.0 Å². The molecule has 0 aromatic heterocycles. The van der Waals surface area contributed by atoms with Gasteiger partial charge in [-0.15, -0.1) is 5.73 Å². The molecule has 54 valence electrons. The Hall–Kier alpha value is -1.05. The largest absolute Gasteiger partial charge is 0.269 e. The van der Waals surface area contributed by atoms with Crippen LogP contribution < -0.4 is 5.84 Å². The van der Waals surface area contributed by atoms with Gasteiger partial charge in [0.2, 0.25) is 0 Å². The van der Waals surface area contributed by atoms with Gasteiger partial charge in [0.25, 0.3) is 0 Å². The summed E-state index contributed by atoms with van der Waals surface area (Å²) in [4.78, 5) is 4.16. The Bertz CT molecular complexity index is 209. The molecule has 10 heavy (non-hydrogen) atoms. The average molecular weight is 137 g/mol. The highest BCUT2D eigenvalue weighted by Crippen LogP contribution is 2.10. The molecule has 0 atom stereocenters. The Morgan fingerprint density at radius 3 is 3.00 bits per heavy atom. The van der Waals surface area contributed by atoms with Crippen molar-refractivity contribution in [3.8, 4) is 0 Å². The van der Waals surface area contributed by atoms with Crippen LogP contribution in [0.1, 0.15) is 13.8 Å². The normalized spacial score (nSPS) is 21.3. The SMILES string of the molecule is CC1(C)C=C=CN(N)C=N1. The fourth-order valence-electron chi connectivity index (χ4n) is 0.613. The number of rotatable bonds is 0. The molecule has 0 aromatic carbocycles. The Balaban J connectivity index is 2.90. The lowest BCUT2D eigenvalue weighted by Crippen LogP contribution is -2.23. The third-order valence-corrected chi connectivity index (χ3v) is 1.18. The summed E-state index contributed by atoms with van der Waals surface area (Å²) in [5.41, 5.74) is 2.74. The second-order valence-electron chi connectivity index (χ2n) is 2.79. The van der Waals surface area contributed by atoms with Crippen molar-refractivity contribution in [3.63, 3.8) is 0 Å². The summed E-state index contributed by atoms with van der Waals surface area (Å²) in [6.07, 6.45) is 5.09. The quantitative estimate of drug-likeness (QED) is 0.393. The van der Waals surface area contributed by atoms with Crippen LogP contribution >= 0.6 is 0 Å². The summed E-state index contributed by atoms with van der Waals surface area (Å²) in [5.74, 6) is 5.40. The first-order chi connectivity index (χ1) is 4.60. The molecule has 0 bridgehead atoms. The maximum atomic E-state index is 5.40. The van der Waals surface area contributed by atoms with E-state index in [1.54, 1.807) is 12.5 Å². The van der Waals surface area contributed by atoms with Crippen LogP contribution in [0.3, 0.4) is 0 Å².